The molecular formula is C25H20F7N5O. The molecule has 6 nitrogen and oxygen atoms in total. The van der Waals surface area contributed by atoms with Gasteiger partial charge in [0.2, 0.25) is 0 Å². The Hall–Kier alpha value is -3.87. The number of pyridine rings is 2. The number of fused-ring (bicyclic) bond motifs is 1. The number of nitrogens with one attached hydrogen (secondary N) is 1. The molecule has 0 spiro atoms. The molecule has 3 heterocycles. The number of halogens is 7. The van der Waals surface area contributed by atoms with Crippen LogP contribution in [-0.2, 0) is 23.7 Å². The summed E-state index contributed by atoms with van der Waals surface area (Å²) in [7, 11) is 0. The fourth-order valence-corrected chi connectivity index (χ4v) is 3.53. The normalized spacial score (nSPS) is 12.4. The summed E-state index contributed by atoms with van der Waals surface area (Å²) in [4.78, 5) is 16.7. The Kier molecular flexibility index (Phi) is 7.49. The highest BCUT2D eigenvalue weighted by molar-refractivity contribution is 5.90. The number of nitrogens with zero attached hydrogens (tertiary/aromatic N) is 4. The van der Waals surface area contributed by atoms with Gasteiger partial charge >= 0.3 is 12.4 Å². The van der Waals surface area contributed by atoms with Crippen LogP contribution in [0.25, 0.3) is 22.4 Å². The summed E-state index contributed by atoms with van der Waals surface area (Å²) in [6, 6.07) is 7.02. The van der Waals surface area contributed by atoms with Gasteiger partial charge in [0, 0.05) is 18.5 Å². The summed E-state index contributed by atoms with van der Waals surface area (Å²) >= 11 is 0. The van der Waals surface area contributed by atoms with E-state index in [1.807, 2.05) is 13.8 Å². The third kappa shape index (κ3) is 6.15. The van der Waals surface area contributed by atoms with Crippen LogP contribution in [0.3, 0.4) is 0 Å². The maximum absolute atomic E-state index is 13.8. The number of hydrogen-bond acceptors (Lipinski definition) is 6. The molecule has 0 saturated heterocycles. The Morgan fingerprint density at radius 3 is 2.32 bits per heavy atom. The summed E-state index contributed by atoms with van der Waals surface area (Å²) in [5, 5.41) is 2.91. The van der Waals surface area contributed by atoms with E-state index in [0.29, 0.717) is 18.7 Å². The second-order valence-corrected chi connectivity index (χ2v) is 8.68. The molecule has 0 aliphatic heterocycles. The van der Waals surface area contributed by atoms with Gasteiger partial charge < -0.3 is 10.1 Å². The number of benzene rings is 1. The largest absolute Gasteiger partial charge is 0.419 e. The van der Waals surface area contributed by atoms with Gasteiger partial charge in [-0.1, -0.05) is 13.8 Å². The molecule has 0 saturated carbocycles. The summed E-state index contributed by atoms with van der Waals surface area (Å²) in [6.07, 6.45) is -8.42. The van der Waals surface area contributed by atoms with E-state index in [-0.39, 0.29) is 46.6 Å². The predicted octanol–water partition coefficient (Wildman–Crippen LogP) is 7.18. The molecule has 4 aromatic rings. The molecule has 4 rings (SSSR count). The quantitative estimate of drug-likeness (QED) is 0.251. The number of anilines is 2. The zero-order valence-electron chi connectivity index (χ0n) is 20.0. The van der Waals surface area contributed by atoms with Gasteiger partial charge in [-0.2, -0.15) is 26.3 Å². The summed E-state index contributed by atoms with van der Waals surface area (Å²) < 4.78 is 99.6. The molecule has 13 heteroatoms. The molecule has 0 radical (unpaired) electrons. The van der Waals surface area contributed by atoms with Gasteiger partial charge in [0.1, 0.15) is 23.9 Å². The molecule has 0 aliphatic carbocycles. The molecule has 0 aliphatic rings. The van der Waals surface area contributed by atoms with E-state index in [1.165, 1.54) is 18.3 Å². The third-order valence-corrected chi connectivity index (χ3v) is 5.18. The van der Waals surface area contributed by atoms with Crippen LogP contribution in [0.15, 0.2) is 48.7 Å². The van der Waals surface area contributed by atoms with Crippen molar-refractivity contribution in [1.29, 1.82) is 0 Å². The van der Waals surface area contributed by atoms with Gasteiger partial charge in [-0.25, -0.2) is 19.3 Å². The second-order valence-electron chi connectivity index (χ2n) is 8.68. The first-order valence-electron chi connectivity index (χ1n) is 11.2. The van der Waals surface area contributed by atoms with Gasteiger partial charge in [-0.05, 0) is 48.4 Å². The van der Waals surface area contributed by atoms with E-state index in [2.05, 4.69) is 25.3 Å². The van der Waals surface area contributed by atoms with Crippen molar-refractivity contribution in [3.63, 3.8) is 0 Å². The van der Waals surface area contributed by atoms with Crippen LogP contribution in [0, 0.1) is 11.7 Å². The molecule has 3 aromatic heterocycles. The van der Waals surface area contributed by atoms with Gasteiger partial charge in [-0.3, -0.25) is 4.98 Å². The monoisotopic (exact) mass is 539 g/mol. The zero-order chi connectivity index (χ0) is 27.7. The fraction of sp³-hybridized carbons (Fsp3) is 0.280. The maximum atomic E-state index is 13.8. The first-order chi connectivity index (χ1) is 17.8. The van der Waals surface area contributed by atoms with Gasteiger partial charge in [0.15, 0.2) is 11.5 Å². The fourth-order valence-electron chi connectivity index (χ4n) is 3.53. The molecule has 0 fully saturated rings. The number of alkyl halides is 6. The standard InChI is InChI=1S/C25H20F7N5O/c1-13(2)11-38-12-20-36-22(34-14-5-7-18(26)17(10-14)25(30,31)32)15-6-8-19(35-23(15)37-20)21-16(24(27,28)29)4-3-9-33-21/h3-10,13H,11-12H2,1-2H3,(H,34,35,36,37). The van der Waals surface area contributed by atoms with Crippen molar-refractivity contribution in [2.75, 3.05) is 11.9 Å². The van der Waals surface area contributed by atoms with E-state index in [9.17, 15) is 30.7 Å². The van der Waals surface area contributed by atoms with Crippen LogP contribution >= 0.6 is 0 Å². The Morgan fingerprint density at radius 1 is 0.895 bits per heavy atom. The highest BCUT2D eigenvalue weighted by atomic mass is 19.4. The second kappa shape index (κ2) is 10.5. The minimum Gasteiger partial charge on any atom is -0.373 e. The van der Waals surface area contributed by atoms with Crippen LogP contribution in [0.1, 0.15) is 30.8 Å². The predicted molar refractivity (Wildman–Crippen MR) is 125 cm³/mol. The van der Waals surface area contributed by atoms with Crippen molar-refractivity contribution >= 4 is 22.5 Å². The van der Waals surface area contributed by atoms with E-state index in [0.717, 1.165) is 18.2 Å². The van der Waals surface area contributed by atoms with E-state index < -0.39 is 35.0 Å². The third-order valence-electron chi connectivity index (χ3n) is 5.18. The van der Waals surface area contributed by atoms with Crippen LogP contribution in [0.2, 0.25) is 0 Å². The average molecular weight is 539 g/mol. The van der Waals surface area contributed by atoms with Crippen molar-refractivity contribution in [2.24, 2.45) is 5.92 Å². The number of aromatic nitrogens is 4. The van der Waals surface area contributed by atoms with Crippen molar-refractivity contribution in [1.82, 2.24) is 19.9 Å². The lowest BCUT2D eigenvalue weighted by Crippen LogP contribution is -2.10. The maximum Gasteiger partial charge on any atom is 0.419 e. The highest BCUT2D eigenvalue weighted by Gasteiger charge is 2.35. The van der Waals surface area contributed by atoms with E-state index in [4.69, 9.17) is 4.74 Å². The zero-order valence-corrected chi connectivity index (χ0v) is 20.0. The summed E-state index contributed by atoms with van der Waals surface area (Å²) in [6.45, 7) is 4.09. The average Bonchev–Trinajstić information content (AvgIpc) is 2.83. The molecule has 1 N–H and O–H groups in total. The lowest BCUT2D eigenvalue weighted by atomic mass is 10.1. The van der Waals surface area contributed by atoms with Gasteiger partial charge in [0.05, 0.1) is 22.2 Å². The molecule has 0 bridgehead atoms. The van der Waals surface area contributed by atoms with Crippen molar-refractivity contribution < 1.29 is 35.5 Å². The van der Waals surface area contributed by atoms with E-state index >= 15 is 0 Å². The minimum absolute atomic E-state index is 0.00833. The lowest BCUT2D eigenvalue weighted by Gasteiger charge is -2.15. The van der Waals surface area contributed by atoms with Gasteiger partial charge in [0.25, 0.3) is 0 Å². The first-order valence-corrected chi connectivity index (χ1v) is 11.2. The van der Waals surface area contributed by atoms with Crippen molar-refractivity contribution in [3.8, 4) is 11.4 Å². The van der Waals surface area contributed by atoms with Crippen LogP contribution in [-0.4, -0.2) is 26.5 Å². The number of ether oxygens (including phenoxy) is 1. The molecule has 200 valence electrons. The van der Waals surface area contributed by atoms with Gasteiger partial charge in [-0.15, -0.1) is 0 Å². The Bertz CT molecular complexity index is 1450. The molecule has 0 amide bonds. The summed E-state index contributed by atoms with van der Waals surface area (Å²) in [5.41, 5.74) is -3.17. The number of rotatable bonds is 7. The Morgan fingerprint density at radius 2 is 1.63 bits per heavy atom. The highest BCUT2D eigenvalue weighted by Crippen LogP contribution is 2.37. The van der Waals surface area contributed by atoms with E-state index in [1.54, 1.807) is 0 Å². The number of hydrogen-bond donors (Lipinski definition) is 1. The Labute approximate surface area is 211 Å². The smallest absolute Gasteiger partial charge is 0.373 e. The van der Waals surface area contributed by atoms with Crippen LogP contribution in [0.4, 0.5) is 42.2 Å². The van der Waals surface area contributed by atoms with Crippen molar-refractivity contribution in [2.45, 2.75) is 32.8 Å². The van der Waals surface area contributed by atoms with Crippen LogP contribution in [0.5, 0.6) is 0 Å². The SMILES string of the molecule is CC(C)COCc1nc(Nc2ccc(F)c(C(F)(F)F)c2)c2ccc(-c3ncccc3C(F)(F)F)nc2n1. The Balaban J connectivity index is 1.81. The molecular weight excluding hydrogens is 519 g/mol. The molecule has 0 atom stereocenters. The lowest BCUT2D eigenvalue weighted by molar-refractivity contribution is -0.140. The first kappa shape index (κ1) is 27.2. The summed E-state index contributed by atoms with van der Waals surface area (Å²) in [5.74, 6) is -1.17. The molecule has 38 heavy (non-hydrogen) atoms. The molecule has 1 aromatic carbocycles. The topological polar surface area (TPSA) is 72.8 Å². The van der Waals surface area contributed by atoms with Crippen LogP contribution < -0.4 is 5.32 Å². The molecule has 0 unspecified atom stereocenters. The minimum atomic E-state index is -4.93. The van der Waals surface area contributed by atoms with Crippen molar-refractivity contribution in [3.05, 3.63) is 71.4 Å².